The van der Waals surface area contributed by atoms with Crippen molar-refractivity contribution in [3.63, 3.8) is 0 Å². The van der Waals surface area contributed by atoms with Gasteiger partial charge in [0.15, 0.2) is 0 Å². The number of rotatable bonds is 5. The Kier molecular flexibility index (Phi) is 4.52. The molecule has 0 saturated carbocycles. The minimum Gasteiger partial charge on any atom is -0.338 e. The summed E-state index contributed by atoms with van der Waals surface area (Å²) < 4.78 is 6.49. The summed E-state index contributed by atoms with van der Waals surface area (Å²) >= 11 is 1.19. The summed E-state index contributed by atoms with van der Waals surface area (Å²) in [5.74, 6) is 6.49. The molecule has 0 unspecified atom stereocenters. The van der Waals surface area contributed by atoms with Crippen LogP contribution >= 0.6 is 11.8 Å². The summed E-state index contributed by atoms with van der Waals surface area (Å²) in [7, 11) is 0. The van der Waals surface area contributed by atoms with E-state index >= 15 is 0 Å². The molecule has 0 saturated heterocycles. The van der Waals surface area contributed by atoms with E-state index < -0.39 is 0 Å². The van der Waals surface area contributed by atoms with Crippen molar-refractivity contribution in [2.75, 3.05) is 16.9 Å². The fourth-order valence-corrected chi connectivity index (χ4v) is 2.65. The van der Waals surface area contributed by atoms with Crippen LogP contribution in [0.2, 0.25) is 0 Å². The molecule has 2 heterocycles. The summed E-state index contributed by atoms with van der Waals surface area (Å²) in [6.07, 6.45) is 0. The lowest BCUT2D eigenvalue weighted by molar-refractivity contribution is -0.113. The van der Waals surface area contributed by atoms with Crippen LogP contribution in [0.3, 0.4) is 0 Å². The SMILES string of the molecule is Cc1ccc(-c2cc(NC(=O)CSc3nnc(C)n3N)on2)cc1. The van der Waals surface area contributed by atoms with Crippen LogP contribution < -0.4 is 11.2 Å². The highest BCUT2D eigenvalue weighted by Crippen LogP contribution is 2.22. The van der Waals surface area contributed by atoms with E-state index in [1.165, 1.54) is 16.4 Å². The van der Waals surface area contributed by atoms with Crippen LogP contribution in [-0.4, -0.2) is 31.7 Å². The number of nitrogens with zero attached hydrogens (tertiary/aromatic N) is 4. The standard InChI is InChI=1S/C15H16N6O2S/c1-9-3-5-11(6-4-9)12-7-14(23-20-12)17-13(22)8-24-15-19-18-10(2)21(15)16/h3-7H,8,16H2,1-2H3,(H,17,22). The summed E-state index contributed by atoms with van der Waals surface area (Å²) in [4.78, 5) is 12.0. The van der Waals surface area contributed by atoms with E-state index in [-0.39, 0.29) is 11.7 Å². The van der Waals surface area contributed by atoms with Crippen LogP contribution in [0.1, 0.15) is 11.4 Å². The molecule has 8 nitrogen and oxygen atoms in total. The Morgan fingerprint density at radius 1 is 1.29 bits per heavy atom. The molecular weight excluding hydrogens is 328 g/mol. The molecule has 0 spiro atoms. The molecule has 124 valence electrons. The second kappa shape index (κ2) is 6.75. The number of amides is 1. The van der Waals surface area contributed by atoms with Crippen LogP contribution in [0.15, 0.2) is 40.0 Å². The van der Waals surface area contributed by atoms with Gasteiger partial charge < -0.3 is 10.4 Å². The molecule has 0 atom stereocenters. The third kappa shape index (κ3) is 3.57. The number of benzene rings is 1. The highest BCUT2D eigenvalue weighted by Gasteiger charge is 2.12. The lowest BCUT2D eigenvalue weighted by Crippen LogP contribution is -2.16. The molecule has 0 aliphatic rings. The number of hydrogen-bond acceptors (Lipinski definition) is 7. The Morgan fingerprint density at radius 3 is 2.71 bits per heavy atom. The molecule has 1 amide bonds. The maximum atomic E-state index is 12.0. The smallest absolute Gasteiger partial charge is 0.237 e. The van der Waals surface area contributed by atoms with E-state index in [4.69, 9.17) is 10.4 Å². The molecule has 0 radical (unpaired) electrons. The largest absolute Gasteiger partial charge is 0.338 e. The summed E-state index contributed by atoms with van der Waals surface area (Å²) in [6, 6.07) is 9.56. The molecule has 3 rings (SSSR count). The van der Waals surface area contributed by atoms with Gasteiger partial charge in [-0.05, 0) is 13.8 Å². The number of aryl methyl sites for hydroxylation is 2. The summed E-state index contributed by atoms with van der Waals surface area (Å²) in [5, 5.41) is 14.8. The average molecular weight is 344 g/mol. The van der Waals surface area contributed by atoms with Gasteiger partial charge >= 0.3 is 0 Å². The van der Waals surface area contributed by atoms with Crippen molar-refractivity contribution in [3.8, 4) is 11.3 Å². The predicted molar refractivity (Wildman–Crippen MR) is 90.9 cm³/mol. The van der Waals surface area contributed by atoms with Gasteiger partial charge in [-0.25, -0.2) is 4.68 Å². The molecule has 2 aromatic heterocycles. The van der Waals surface area contributed by atoms with Crippen LogP contribution in [0.25, 0.3) is 11.3 Å². The second-order valence-electron chi connectivity index (χ2n) is 5.18. The first-order valence-electron chi connectivity index (χ1n) is 7.16. The van der Waals surface area contributed by atoms with Crippen molar-refractivity contribution >= 4 is 23.6 Å². The Bertz CT molecular complexity index is 855. The number of nitrogens with two attached hydrogens (primary N) is 1. The monoisotopic (exact) mass is 344 g/mol. The number of nitrogen functional groups attached to an aromatic ring is 1. The highest BCUT2D eigenvalue weighted by molar-refractivity contribution is 7.99. The van der Waals surface area contributed by atoms with Crippen molar-refractivity contribution < 1.29 is 9.32 Å². The maximum absolute atomic E-state index is 12.0. The van der Waals surface area contributed by atoms with Gasteiger partial charge in [0.1, 0.15) is 11.5 Å². The fraction of sp³-hybridized carbons (Fsp3) is 0.200. The van der Waals surface area contributed by atoms with E-state index in [0.717, 1.165) is 11.1 Å². The van der Waals surface area contributed by atoms with E-state index in [1.807, 2.05) is 31.2 Å². The van der Waals surface area contributed by atoms with E-state index in [9.17, 15) is 4.79 Å². The Balaban J connectivity index is 1.59. The Labute approximate surface area is 142 Å². The third-order valence-corrected chi connectivity index (χ3v) is 4.23. The first kappa shape index (κ1) is 16.1. The van der Waals surface area contributed by atoms with Gasteiger partial charge in [0.25, 0.3) is 0 Å². The lowest BCUT2D eigenvalue weighted by atomic mass is 10.1. The van der Waals surface area contributed by atoms with E-state index in [0.29, 0.717) is 22.6 Å². The van der Waals surface area contributed by atoms with Gasteiger partial charge in [0, 0.05) is 11.6 Å². The number of nitrogens with one attached hydrogen (secondary N) is 1. The van der Waals surface area contributed by atoms with Crippen molar-refractivity contribution in [1.82, 2.24) is 20.0 Å². The minimum atomic E-state index is -0.243. The fourth-order valence-electron chi connectivity index (χ4n) is 1.95. The van der Waals surface area contributed by atoms with Crippen LogP contribution in [0, 0.1) is 13.8 Å². The normalized spacial score (nSPS) is 10.8. The zero-order valence-corrected chi connectivity index (χ0v) is 14.0. The third-order valence-electron chi connectivity index (χ3n) is 3.29. The molecule has 0 aliphatic heterocycles. The van der Waals surface area contributed by atoms with Crippen LogP contribution in [-0.2, 0) is 4.79 Å². The van der Waals surface area contributed by atoms with Crippen molar-refractivity contribution in [1.29, 1.82) is 0 Å². The number of carbonyl (C=O) groups excluding carboxylic acids is 1. The summed E-state index contributed by atoms with van der Waals surface area (Å²) in [5.41, 5.74) is 2.75. The molecule has 3 aromatic rings. The van der Waals surface area contributed by atoms with Crippen molar-refractivity contribution in [2.45, 2.75) is 19.0 Å². The Morgan fingerprint density at radius 2 is 2.04 bits per heavy atom. The zero-order valence-electron chi connectivity index (χ0n) is 13.2. The molecule has 0 bridgehead atoms. The van der Waals surface area contributed by atoms with Crippen molar-refractivity contribution in [3.05, 3.63) is 41.7 Å². The maximum Gasteiger partial charge on any atom is 0.237 e. The molecule has 3 N–H and O–H groups in total. The first-order chi connectivity index (χ1) is 11.5. The topological polar surface area (TPSA) is 112 Å². The number of aromatic nitrogens is 4. The van der Waals surface area contributed by atoms with E-state index in [2.05, 4.69) is 20.7 Å². The lowest BCUT2D eigenvalue weighted by Gasteiger charge is -2.01. The number of anilines is 1. The van der Waals surface area contributed by atoms with Crippen molar-refractivity contribution in [2.24, 2.45) is 0 Å². The van der Waals surface area contributed by atoms with Gasteiger partial charge in [0.05, 0.1) is 5.75 Å². The number of hydrogen-bond donors (Lipinski definition) is 2. The molecule has 24 heavy (non-hydrogen) atoms. The Hall–Kier alpha value is -2.81. The minimum absolute atomic E-state index is 0.135. The first-order valence-corrected chi connectivity index (χ1v) is 8.15. The van der Waals surface area contributed by atoms with Gasteiger partial charge in [-0.3, -0.25) is 10.1 Å². The second-order valence-corrected chi connectivity index (χ2v) is 6.12. The molecule has 0 aliphatic carbocycles. The molecule has 1 aromatic carbocycles. The number of carbonyl (C=O) groups is 1. The van der Waals surface area contributed by atoms with Gasteiger partial charge in [-0.1, -0.05) is 46.7 Å². The molecule has 9 heteroatoms. The molecule has 0 fully saturated rings. The van der Waals surface area contributed by atoms with Gasteiger partial charge in [0.2, 0.25) is 16.9 Å². The van der Waals surface area contributed by atoms with E-state index in [1.54, 1.807) is 13.0 Å². The van der Waals surface area contributed by atoms with Crippen LogP contribution in [0.4, 0.5) is 5.88 Å². The predicted octanol–water partition coefficient (Wildman–Crippen LogP) is 1.99. The quantitative estimate of drug-likeness (QED) is 0.537. The van der Waals surface area contributed by atoms with Crippen LogP contribution in [0.5, 0.6) is 0 Å². The average Bonchev–Trinajstić information content (AvgIpc) is 3.15. The number of thioether (sulfide) groups is 1. The van der Waals surface area contributed by atoms with Gasteiger partial charge in [-0.15, -0.1) is 10.2 Å². The summed E-state index contributed by atoms with van der Waals surface area (Å²) in [6.45, 7) is 3.75. The highest BCUT2D eigenvalue weighted by atomic mass is 32.2. The van der Waals surface area contributed by atoms with Gasteiger partial charge in [-0.2, -0.15) is 0 Å². The zero-order chi connectivity index (χ0) is 17.1. The molecular formula is C15H16N6O2S.